The average Bonchev–Trinajstić information content (AvgIpc) is 3.19. The van der Waals surface area contributed by atoms with Crippen molar-refractivity contribution in [2.75, 3.05) is 11.9 Å². The third-order valence-corrected chi connectivity index (χ3v) is 4.29. The van der Waals surface area contributed by atoms with Gasteiger partial charge in [-0.25, -0.2) is 9.37 Å². The lowest BCUT2D eigenvalue weighted by Crippen LogP contribution is -2.20. The van der Waals surface area contributed by atoms with Crippen LogP contribution in [0, 0.1) is 5.82 Å². The van der Waals surface area contributed by atoms with Gasteiger partial charge >= 0.3 is 0 Å². The number of hydrogen-bond acceptors (Lipinski definition) is 4. The Bertz CT molecular complexity index is 673. The summed E-state index contributed by atoms with van der Waals surface area (Å²) in [7, 11) is 0. The highest BCUT2D eigenvalue weighted by atomic mass is 79.9. The summed E-state index contributed by atoms with van der Waals surface area (Å²) in [6.45, 7) is -0.253. The van der Waals surface area contributed by atoms with Gasteiger partial charge in [-0.05, 0) is 31.0 Å². The first-order valence-corrected chi connectivity index (χ1v) is 8.12. The van der Waals surface area contributed by atoms with Gasteiger partial charge in [0.1, 0.15) is 0 Å². The lowest BCUT2D eigenvalue weighted by atomic mass is 10.3. The predicted molar refractivity (Wildman–Crippen MR) is 82.3 cm³/mol. The molecule has 1 saturated carbocycles. The molecule has 21 heavy (non-hydrogen) atoms. The number of carbonyl (C=O) groups excluding carboxylic acids is 1. The summed E-state index contributed by atoms with van der Waals surface area (Å²) in [4.78, 5) is 16.1. The molecule has 7 heteroatoms. The van der Waals surface area contributed by atoms with Crippen molar-refractivity contribution in [3.05, 3.63) is 39.6 Å². The Morgan fingerprint density at radius 1 is 1.52 bits per heavy atom. The van der Waals surface area contributed by atoms with Crippen LogP contribution >= 0.6 is 27.3 Å². The van der Waals surface area contributed by atoms with Crippen LogP contribution in [-0.4, -0.2) is 17.5 Å². The van der Waals surface area contributed by atoms with Gasteiger partial charge in [-0.3, -0.25) is 10.1 Å². The fourth-order valence-electron chi connectivity index (χ4n) is 1.80. The number of benzene rings is 1. The van der Waals surface area contributed by atoms with Crippen molar-refractivity contribution in [1.29, 1.82) is 0 Å². The van der Waals surface area contributed by atoms with Crippen LogP contribution in [0.15, 0.2) is 28.1 Å². The highest BCUT2D eigenvalue weighted by molar-refractivity contribution is 9.10. The van der Waals surface area contributed by atoms with Crippen molar-refractivity contribution in [2.24, 2.45) is 0 Å². The number of ether oxygens (including phenoxy) is 1. The molecule has 1 aromatic heterocycles. The molecule has 0 saturated heterocycles. The highest BCUT2D eigenvalue weighted by Gasteiger charge is 2.26. The van der Waals surface area contributed by atoms with Gasteiger partial charge in [0.25, 0.3) is 5.91 Å². The largest absolute Gasteiger partial charge is 0.481 e. The van der Waals surface area contributed by atoms with Gasteiger partial charge in [-0.1, -0.05) is 15.9 Å². The summed E-state index contributed by atoms with van der Waals surface area (Å²) in [5, 5.41) is 5.18. The first kappa shape index (κ1) is 14.5. The molecule has 1 heterocycles. The van der Waals surface area contributed by atoms with E-state index >= 15 is 0 Å². The molecule has 0 aliphatic heterocycles. The molecule has 0 unspecified atom stereocenters. The summed E-state index contributed by atoms with van der Waals surface area (Å²) in [6.07, 6.45) is 2.34. The van der Waals surface area contributed by atoms with Crippen LogP contribution in [-0.2, 0) is 4.79 Å². The molecule has 1 aliphatic rings. The van der Waals surface area contributed by atoms with Crippen LogP contribution in [0.4, 0.5) is 9.52 Å². The SMILES string of the molecule is O=C(COc1ccc(Br)cc1F)Nc1nc(C2CC2)cs1. The van der Waals surface area contributed by atoms with Gasteiger partial charge in [0.05, 0.1) is 5.69 Å². The third-order valence-electron chi connectivity index (χ3n) is 3.02. The van der Waals surface area contributed by atoms with E-state index in [1.807, 2.05) is 5.38 Å². The maximum absolute atomic E-state index is 13.5. The van der Waals surface area contributed by atoms with E-state index in [4.69, 9.17) is 4.74 Å². The maximum Gasteiger partial charge on any atom is 0.264 e. The second-order valence-corrected chi connectivity index (χ2v) is 6.54. The van der Waals surface area contributed by atoms with Gasteiger partial charge in [-0.2, -0.15) is 0 Å². The number of carbonyl (C=O) groups is 1. The summed E-state index contributed by atoms with van der Waals surface area (Å²) in [5.74, 6) is -0.261. The zero-order valence-corrected chi connectivity index (χ0v) is 13.3. The Balaban J connectivity index is 1.53. The van der Waals surface area contributed by atoms with E-state index in [9.17, 15) is 9.18 Å². The molecule has 0 spiro atoms. The molecule has 2 aromatic rings. The van der Waals surface area contributed by atoms with Crippen molar-refractivity contribution in [2.45, 2.75) is 18.8 Å². The van der Waals surface area contributed by atoms with Crippen LogP contribution in [0.3, 0.4) is 0 Å². The van der Waals surface area contributed by atoms with E-state index in [2.05, 4.69) is 26.2 Å². The van der Waals surface area contributed by atoms with Gasteiger partial charge < -0.3 is 4.74 Å². The molecule has 1 amide bonds. The molecular formula is C14H12BrFN2O2S. The lowest BCUT2D eigenvalue weighted by molar-refractivity contribution is -0.118. The van der Waals surface area contributed by atoms with Crippen molar-refractivity contribution in [3.63, 3.8) is 0 Å². The van der Waals surface area contributed by atoms with Crippen LogP contribution < -0.4 is 10.1 Å². The Morgan fingerprint density at radius 2 is 2.33 bits per heavy atom. The Kier molecular flexibility index (Phi) is 4.21. The summed E-state index contributed by atoms with van der Waals surface area (Å²) < 4.78 is 19.3. The number of hydrogen-bond donors (Lipinski definition) is 1. The van der Waals surface area contributed by atoms with Crippen molar-refractivity contribution < 1.29 is 13.9 Å². The van der Waals surface area contributed by atoms with Crippen molar-refractivity contribution >= 4 is 38.3 Å². The summed E-state index contributed by atoms with van der Waals surface area (Å²) in [6, 6.07) is 4.41. The molecule has 0 atom stereocenters. The number of amides is 1. The number of halogens is 2. The monoisotopic (exact) mass is 370 g/mol. The zero-order chi connectivity index (χ0) is 14.8. The van der Waals surface area contributed by atoms with E-state index in [0.717, 1.165) is 5.69 Å². The number of anilines is 1. The molecule has 0 bridgehead atoms. The Labute approximate surface area is 133 Å². The number of aromatic nitrogens is 1. The minimum atomic E-state index is -0.512. The molecule has 0 radical (unpaired) electrons. The fraction of sp³-hybridized carbons (Fsp3) is 0.286. The standard InChI is InChI=1S/C14H12BrFN2O2S/c15-9-3-4-12(10(16)5-9)20-6-13(19)18-14-17-11(7-21-14)8-1-2-8/h3-5,7-8H,1-2,6H2,(H,17,18,19). The Hall–Kier alpha value is -1.47. The van der Waals surface area contributed by atoms with Gasteiger partial charge in [0.15, 0.2) is 23.3 Å². The molecule has 1 fully saturated rings. The van der Waals surface area contributed by atoms with E-state index < -0.39 is 5.82 Å². The molecule has 1 N–H and O–H groups in total. The van der Waals surface area contributed by atoms with Gasteiger partial charge in [0.2, 0.25) is 0 Å². The average molecular weight is 371 g/mol. The van der Waals surface area contributed by atoms with Crippen LogP contribution in [0.5, 0.6) is 5.75 Å². The second kappa shape index (κ2) is 6.11. The summed E-state index contributed by atoms with van der Waals surface area (Å²) in [5.41, 5.74) is 1.04. The van der Waals surface area contributed by atoms with E-state index in [1.54, 1.807) is 6.07 Å². The minimum Gasteiger partial charge on any atom is -0.481 e. The topological polar surface area (TPSA) is 51.2 Å². The number of nitrogens with one attached hydrogen (secondary N) is 1. The summed E-state index contributed by atoms with van der Waals surface area (Å²) >= 11 is 4.55. The lowest BCUT2D eigenvalue weighted by Gasteiger charge is -2.07. The molecule has 1 aliphatic carbocycles. The molecule has 110 valence electrons. The smallest absolute Gasteiger partial charge is 0.264 e. The van der Waals surface area contributed by atoms with Gasteiger partial charge in [0, 0.05) is 15.8 Å². The van der Waals surface area contributed by atoms with E-state index in [-0.39, 0.29) is 18.3 Å². The van der Waals surface area contributed by atoms with Gasteiger partial charge in [-0.15, -0.1) is 11.3 Å². The van der Waals surface area contributed by atoms with Crippen LogP contribution in [0.1, 0.15) is 24.5 Å². The van der Waals surface area contributed by atoms with Crippen LogP contribution in [0.2, 0.25) is 0 Å². The number of thiazole rings is 1. The minimum absolute atomic E-state index is 0.0474. The quantitative estimate of drug-likeness (QED) is 0.866. The second-order valence-electron chi connectivity index (χ2n) is 4.76. The fourth-order valence-corrected chi connectivity index (χ4v) is 2.94. The molecule has 4 nitrogen and oxygen atoms in total. The molecular weight excluding hydrogens is 359 g/mol. The first-order chi connectivity index (χ1) is 10.1. The maximum atomic E-state index is 13.5. The third kappa shape index (κ3) is 3.79. The zero-order valence-electron chi connectivity index (χ0n) is 10.9. The van der Waals surface area contributed by atoms with E-state index in [1.165, 1.54) is 36.3 Å². The number of rotatable bonds is 5. The number of nitrogens with zero attached hydrogens (tertiary/aromatic N) is 1. The first-order valence-electron chi connectivity index (χ1n) is 6.45. The highest BCUT2D eigenvalue weighted by Crippen LogP contribution is 2.40. The van der Waals surface area contributed by atoms with E-state index in [0.29, 0.717) is 15.5 Å². The van der Waals surface area contributed by atoms with Crippen molar-refractivity contribution in [1.82, 2.24) is 4.98 Å². The molecule has 3 rings (SSSR count). The van der Waals surface area contributed by atoms with Crippen LogP contribution in [0.25, 0.3) is 0 Å². The normalized spacial score (nSPS) is 14.0. The van der Waals surface area contributed by atoms with Crippen molar-refractivity contribution in [3.8, 4) is 5.75 Å². The Morgan fingerprint density at radius 3 is 3.05 bits per heavy atom. The predicted octanol–water partition coefficient (Wildman–Crippen LogP) is 3.94. The molecule has 1 aromatic carbocycles.